The van der Waals surface area contributed by atoms with Crippen molar-refractivity contribution < 1.29 is 33.7 Å². The largest absolute Gasteiger partial charge is 0.481 e. The number of benzene rings is 3. The fourth-order valence-electron chi connectivity index (χ4n) is 5.58. The summed E-state index contributed by atoms with van der Waals surface area (Å²) in [4.78, 5) is 25.2. The number of anilines is 1. The summed E-state index contributed by atoms with van der Waals surface area (Å²) in [6.07, 6.45) is -1.67. The SMILES string of the molecule is CCc1cccc(NC(=O)c2c(-c3ccc(F)cc3)c(-c3ccc(F)cc3)c(CC[C@@H](O)C[C@@H](O)CC(=O)O)n2C(C)C)c1.[Na]. The number of aliphatic hydroxyl groups excluding tert-OH is 2. The van der Waals surface area contributed by atoms with Crippen LogP contribution < -0.4 is 5.32 Å². The summed E-state index contributed by atoms with van der Waals surface area (Å²) < 4.78 is 30.0. The first-order valence-electron chi connectivity index (χ1n) is 14.8. The van der Waals surface area contributed by atoms with Gasteiger partial charge in [0, 0.05) is 58.1 Å². The molecule has 4 N–H and O–H groups in total. The van der Waals surface area contributed by atoms with Gasteiger partial charge in [-0.25, -0.2) is 8.78 Å². The van der Waals surface area contributed by atoms with Crippen LogP contribution in [0.1, 0.15) is 67.8 Å². The number of aliphatic carboxylic acids is 1. The fourth-order valence-corrected chi connectivity index (χ4v) is 5.58. The number of nitrogens with one attached hydrogen (secondary N) is 1. The molecule has 0 fully saturated rings. The van der Waals surface area contributed by atoms with E-state index in [1.54, 1.807) is 30.3 Å². The van der Waals surface area contributed by atoms with E-state index < -0.39 is 42.1 Å². The van der Waals surface area contributed by atoms with Crippen molar-refractivity contribution in [1.82, 2.24) is 4.57 Å². The van der Waals surface area contributed by atoms with Crippen LogP contribution in [0.25, 0.3) is 22.3 Å². The number of nitrogens with zero attached hydrogens (tertiary/aromatic N) is 1. The maximum atomic E-state index is 14.2. The van der Waals surface area contributed by atoms with Crippen LogP contribution in [0.4, 0.5) is 14.5 Å². The van der Waals surface area contributed by atoms with Crippen molar-refractivity contribution in [1.29, 1.82) is 0 Å². The van der Waals surface area contributed by atoms with Crippen LogP contribution in [0.3, 0.4) is 0 Å². The quantitative estimate of drug-likeness (QED) is 0.124. The van der Waals surface area contributed by atoms with Crippen molar-refractivity contribution >= 4 is 47.1 Å². The molecule has 0 aliphatic carbocycles. The van der Waals surface area contributed by atoms with E-state index in [0.29, 0.717) is 39.3 Å². The molecule has 0 bridgehead atoms. The Morgan fingerprint density at radius 1 is 0.867 bits per heavy atom. The molecular formula is C35H38F2N2NaO5. The third kappa shape index (κ3) is 9.11. The Kier molecular flexibility index (Phi) is 13.1. The normalized spacial score (nSPS) is 12.4. The van der Waals surface area contributed by atoms with Crippen LogP contribution in [-0.4, -0.2) is 73.5 Å². The third-order valence-corrected chi connectivity index (χ3v) is 7.57. The standard InChI is InChI=1S/C35H38F2N2O5.Na/c1-4-22-6-5-7-27(18-22)38-35(44)34-33(24-10-14-26(37)15-11-24)32(23-8-12-25(36)13-9-23)30(39(34)21(2)3)17-16-28(40)19-29(41)20-31(42)43;/h5-15,18,21,28-29,40-41H,4,16-17,19-20H2,1-3H3,(H,38,44)(H,42,43);/t28-,29-;/m1./s1. The first-order valence-corrected chi connectivity index (χ1v) is 14.8. The van der Waals surface area contributed by atoms with Crippen molar-refractivity contribution in [3.05, 3.63) is 101 Å². The van der Waals surface area contributed by atoms with Crippen LogP contribution in [-0.2, 0) is 17.6 Å². The van der Waals surface area contributed by atoms with Gasteiger partial charge in [0.2, 0.25) is 0 Å². The monoisotopic (exact) mass is 627 g/mol. The van der Waals surface area contributed by atoms with E-state index in [2.05, 4.69) is 5.32 Å². The van der Waals surface area contributed by atoms with Crippen LogP contribution in [0.5, 0.6) is 0 Å². The Bertz CT molecular complexity index is 1600. The van der Waals surface area contributed by atoms with Crippen molar-refractivity contribution in [2.45, 2.75) is 71.1 Å². The number of hydrogen-bond donors (Lipinski definition) is 4. The molecule has 1 radical (unpaired) electrons. The van der Waals surface area contributed by atoms with Crippen LogP contribution in [0.2, 0.25) is 0 Å². The number of carboxylic acids is 1. The number of rotatable bonds is 13. The van der Waals surface area contributed by atoms with Crippen molar-refractivity contribution in [2.75, 3.05) is 5.32 Å². The zero-order valence-corrected chi connectivity index (χ0v) is 28.1. The van der Waals surface area contributed by atoms with E-state index in [9.17, 15) is 28.6 Å². The summed E-state index contributed by atoms with van der Waals surface area (Å²) in [5.41, 5.74) is 5.05. The molecule has 4 aromatic rings. The number of carbonyl (C=O) groups excluding carboxylic acids is 1. The minimum atomic E-state index is -1.22. The number of halogens is 2. The Morgan fingerprint density at radius 2 is 1.44 bits per heavy atom. The minimum absolute atomic E-state index is 0. The maximum Gasteiger partial charge on any atom is 0.305 e. The van der Waals surface area contributed by atoms with Crippen LogP contribution >= 0.6 is 0 Å². The molecule has 233 valence electrons. The van der Waals surface area contributed by atoms with Crippen LogP contribution in [0.15, 0.2) is 72.8 Å². The van der Waals surface area contributed by atoms with Crippen molar-refractivity contribution in [2.24, 2.45) is 0 Å². The molecular weight excluding hydrogens is 589 g/mol. The molecule has 1 aromatic heterocycles. The number of aliphatic hydroxyl groups is 2. The predicted molar refractivity (Wildman–Crippen MR) is 172 cm³/mol. The number of amides is 1. The molecule has 45 heavy (non-hydrogen) atoms. The van der Waals surface area contributed by atoms with Gasteiger partial charge < -0.3 is 25.2 Å². The fraction of sp³-hybridized carbons (Fsp3) is 0.314. The van der Waals surface area contributed by atoms with E-state index in [1.165, 1.54) is 24.3 Å². The van der Waals surface area contributed by atoms with Gasteiger partial charge >= 0.3 is 5.97 Å². The zero-order valence-electron chi connectivity index (χ0n) is 26.1. The van der Waals surface area contributed by atoms with Gasteiger partial charge in [-0.1, -0.05) is 43.3 Å². The average Bonchev–Trinajstić information content (AvgIpc) is 3.32. The predicted octanol–water partition coefficient (Wildman–Crippen LogP) is 6.63. The van der Waals surface area contributed by atoms with Gasteiger partial charge in [-0.15, -0.1) is 0 Å². The molecule has 0 aliphatic rings. The van der Waals surface area contributed by atoms with Crippen molar-refractivity contribution in [3.63, 3.8) is 0 Å². The number of aromatic nitrogens is 1. The summed E-state index contributed by atoms with van der Waals surface area (Å²) in [6, 6.07) is 19.0. The summed E-state index contributed by atoms with van der Waals surface area (Å²) in [7, 11) is 0. The summed E-state index contributed by atoms with van der Waals surface area (Å²) in [5.74, 6) is -2.43. The van der Waals surface area contributed by atoms with Gasteiger partial charge in [-0.3, -0.25) is 9.59 Å². The van der Waals surface area contributed by atoms with E-state index in [0.717, 1.165) is 12.0 Å². The summed E-state index contributed by atoms with van der Waals surface area (Å²) in [5, 5.41) is 32.9. The zero-order chi connectivity index (χ0) is 32.0. The third-order valence-electron chi connectivity index (χ3n) is 7.57. The number of hydrogen-bond acceptors (Lipinski definition) is 4. The van der Waals surface area contributed by atoms with Gasteiger partial charge in [-0.05, 0) is 92.6 Å². The Morgan fingerprint density at radius 3 is 1.98 bits per heavy atom. The van der Waals surface area contributed by atoms with Gasteiger partial charge in [0.1, 0.15) is 17.3 Å². The first-order chi connectivity index (χ1) is 21.0. The first kappa shape index (κ1) is 36.1. The van der Waals surface area contributed by atoms with Gasteiger partial charge in [-0.2, -0.15) is 0 Å². The molecule has 0 saturated carbocycles. The maximum absolute atomic E-state index is 14.2. The minimum Gasteiger partial charge on any atom is -0.481 e. The topological polar surface area (TPSA) is 112 Å². The molecule has 3 aromatic carbocycles. The Hall–Kier alpha value is -3.34. The van der Waals surface area contributed by atoms with E-state index in [4.69, 9.17) is 5.11 Å². The molecule has 0 aliphatic heterocycles. The van der Waals surface area contributed by atoms with Crippen molar-refractivity contribution in [3.8, 4) is 22.3 Å². The molecule has 4 rings (SSSR count). The molecule has 0 spiro atoms. The second kappa shape index (κ2) is 16.3. The number of carboxylic acid groups (broad SMARTS) is 1. The van der Waals surface area contributed by atoms with E-state index in [-0.39, 0.29) is 54.9 Å². The molecule has 1 heterocycles. The molecule has 2 atom stereocenters. The second-order valence-electron chi connectivity index (χ2n) is 11.2. The molecule has 7 nitrogen and oxygen atoms in total. The van der Waals surface area contributed by atoms with Crippen LogP contribution in [0, 0.1) is 11.6 Å². The molecule has 0 unspecified atom stereocenters. The number of aryl methyl sites for hydroxylation is 1. The Labute approximate surface area is 284 Å². The van der Waals surface area contributed by atoms with E-state index in [1.807, 2.05) is 43.5 Å². The Balaban J connectivity index is 0.00000552. The summed E-state index contributed by atoms with van der Waals surface area (Å²) in [6.45, 7) is 5.87. The molecule has 1 amide bonds. The second-order valence-corrected chi connectivity index (χ2v) is 11.2. The molecule has 0 saturated heterocycles. The average molecular weight is 628 g/mol. The van der Waals surface area contributed by atoms with Gasteiger partial charge in [0.05, 0.1) is 18.6 Å². The summed E-state index contributed by atoms with van der Waals surface area (Å²) >= 11 is 0. The van der Waals surface area contributed by atoms with Gasteiger partial charge in [0.15, 0.2) is 0 Å². The van der Waals surface area contributed by atoms with Gasteiger partial charge in [0.25, 0.3) is 5.91 Å². The number of carbonyl (C=O) groups is 2. The smallest absolute Gasteiger partial charge is 0.305 e. The van der Waals surface area contributed by atoms with E-state index >= 15 is 0 Å². The molecule has 10 heteroatoms.